The summed E-state index contributed by atoms with van der Waals surface area (Å²) in [5.74, 6) is 0.835. The van der Waals surface area contributed by atoms with E-state index in [2.05, 4.69) is 16.5 Å². The molecule has 0 saturated heterocycles. The number of ether oxygens (including phenoxy) is 2. The quantitative estimate of drug-likeness (QED) is 0.623. The number of hydrogen-bond donors (Lipinski definition) is 1. The maximum absolute atomic E-state index is 5.49. The van der Waals surface area contributed by atoms with E-state index in [-0.39, 0.29) is 0 Å². The lowest BCUT2D eigenvalue weighted by molar-refractivity contribution is 0.129. The van der Waals surface area contributed by atoms with Gasteiger partial charge >= 0.3 is 0 Å². The van der Waals surface area contributed by atoms with Crippen molar-refractivity contribution in [2.75, 3.05) is 20.3 Å². The van der Waals surface area contributed by atoms with Crippen molar-refractivity contribution in [3.05, 3.63) is 23.0 Å². The third-order valence-electron chi connectivity index (χ3n) is 3.00. The van der Waals surface area contributed by atoms with Gasteiger partial charge in [0.15, 0.2) is 4.77 Å². The lowest BCUT2D eigenvalue weighted by atomic mass is 10.3. The van der Waals surface area contributed by atoms with Gasteiger partial charge in [0.05, 0.1) is 18.1 Å². The fourth-order valence-electron chi connectivity index (χ4n) is 2.06. The molecule has 1 N–H and O–H groups in total. The largest absolute Gasteiger partial charge is 0.497 e. The van der Waals surface area contributed by atoms with E-state index >= 15 is 0 Å². The number of aromatic nitrogens is 2. The molecule has 0 saturated carbocycles. The minimum atomic E-state index is 0.749. The first-order valence-corrected chi connectivity index (χ1v) is 7.01. The Bertz CT molecular complexity index is 589. The second-order valence-electron chi connectivity index (χ2n) is 4.43. The molecule has 5 heteroatoms. The zero-order valence-electron chi connectivity index (χ0n) is 11.4. The molecule has 0 spiro atoms. The van der Waals surface area contributed by atoms with Crippen LogP contribution < -0.4 is 4.74 Å². The van der Waals surface area contributed by atoms with Crippen LogP contribution in [0.4, 0.5) is 0 Å². The van der Waals surface area contributed by atoms with Crippen LogP contribution in [0.5, 0.6) is 5.75 Å². The number of imidazole rings is 1. The molecule has 104 valence electrons. The van der Waals surface area contributed by atoms with Gasteiger partial charge in [-0.15, -0.1) is 0 Å². The first-order chi connectivity index (χ1) is 9.26. The molecule has 0 atom stereocenters. The average Bonchev–Trinajstić information content (AvgIpc) is 2.73. The molecule has 1 heterocycles. The van der Waals surface area contributed by atoms with E-state index < -0.39 is 0 Å². The van der Waals surface area contributed by atoms with Crippen molar-refractivity contribution < 1.29 is 9.47 Å². The summed E-state index contributed by atoms with van der Waals surface area (Å²) < 4.78 is 13.6. The van der Waals surface area contributed by atoms with Gasteiger partial charge in [-0.1, -0.05) is 6.92 Å². The monoisotopic (exact) mass is 280 g/mol. The third kappa shape index (κ3) is 3.36. The van der Waals surface area contributed by atoms with Crippen molar-refractivity contribution in [2.45, 2.75) is 26.3 Å². The van der Waals surface area contributed by atoms with Gasteiger partial charge in [-0.25, -0.2) is 0 Å². The summed E-state index contributed by atoms with van der Waals surface area (Å²) in [6.45, 7) is 4.59. The second-order valence-corrected chi connectivity index (χ2v) is 4.82. The number of nitrogens with zero attached hydrogens (tertiary/aromatic N) is 1. The first kappa shape index (κ1) is 14.1. The molecule has 2 aromatic rings. The highest BCUT2D eigenvalue weighted by Crippen LogP contribution is 2.20. The predicted molar refractivity (Wildman–Crippen MR) is 79.4 cm³/mol. The smallest absolute Gasteiger partial charge is 0.178 e. The van der Waals surface area contributed by atoms with Crippen LogP contribution in [0.15, 0.2) is 18.2 Å². The topological polar surface area (TPSA) is 39.2 Å². The lowest BCUT2D eigenvalue weighted by Gasteiger charge is -2.06. The van der Waals surface area contributed by atoms with Crippen LogP contribution in [-0.4, -0.2) is 29.9 Å². The number of aryl methyl sites for hydroxylation is 1. The SMILES string of the molecule is CCCOCCCn1c(=S)[nH]c2cc(OC)ccc21. The Morgan fingerprint density at radius 1 is 1.32 bits per heavy atom. The molecular weight excluding hydrogens is 260 g/mol. The van der Waals surface area contributed by atoms with Crippen LogP contribution in [0.1, 0.15) is 19.8 Å². The molecule has 1 aromatic heterocycles. The summed E-state index contributed by atoms with van der Waals surface area (Å²) in [7, 11) is 1.66. The van der Waals surface area contributed by atoms with Gasteiger partial charge in [-0.05, 0) is 37.2 Å². The molecule has 1 aromatic carbocycles. The molecule has 0 aliphatic carbocycles. The number of nitrogens with one attached hydrogen (secondary N) is 1. The highest BCUT2D eigenvalue weighted by Gasteiger charge is 2.05. The van der Waals surface area contributed by atoms with Crippen molar-refractivity contribution in [1.29, 1.82) is 0 Å². The summed E-state index contributed by atoms with van der Waals surface area (Å²) in [5, 5.41) is 0. The molecule has 0 amide bonds. The predicted octanol–water partition coefficient (Wildman–Crippen LogP) is 3.52. The van der Waals surface area contributed by atoms with E-state index in [1.165, 1.54) is 0 Å². The molecule has 0 aliphatic heterocycles. The van der Waals surface area contributed by atoms with Gasteiger partial charge in [0.25, 0.3) is 0 Å². The number of H-pyrrole nitrogens is 1. The highest BCUT2D eigenvalue weighted by atomic mass is 32.1. The van der Waals surface area contributed by atoms with Crippen LogP contribution in [-0.2, 0) is 11.3 Å². The molecule has 4 nitrogen and oxygen atoms in total. The van der Waals surface area contributed by atoms with E-state index in [1.54, 1.807) is 7.11 Å². The number of fused-ring (bicyclic) bond motifs is 1. The van der Waals surface area contributed by atoms with E-state index in [1.807, 2.05) is 18.2 Å². The Morgan fingerprint density at radius 2 is 2.16 bits per heavy atom. The zero-order valence-corrected chi connectivity index (χ0v) is 12.3. The average molecular weight is 280 g/mol. The number of benzene rings is 1. The van der Waals surface area contributed by atoms with Gasteiger partial charge < -0.3 is 19.0 Å². The van der Waals surface area contributed by atoms with Crippen molar-refractivity contribution in [3.8, 4) is 5.75 Å². The van der Waals surface area contributed by atoms with Crippen molar-refractivity contribution >= 4 is 23.3 Å². The normalized spacial score (nSPS) is 11.1. The standard InChI is InChI=1S/C14H20N2O2S/c1-3-8-18-9-4-7-16-13-6-5-11(17-2)10-12(13)15-14(16)19/h5-6,10H,3-4,7-9H2,1-2H3,(H,15,19). The second kappa shape index (κ2) is 6.73. The van der Waals surface area contributed by atoms with E-state index in [0.717, 1.165) is 54.2 Å². The Hall–Kier alpha value is -1.33. The van der Waals surface area contributed by atoms with Gasteiger partial charge in [-0.2, -0.15) is 0 Å². The minimum absolute atomic E-state index is 0.749. The highest BCUT2D eigenvalue weighted by molar-refractivity contribution is 7.71. The fourth-order valence-corrected chi connectivity index (χ4v) is 2.36. The number of methoxy groups -OCH3 is 1. The van der Waals surface area contributed by atoms with Crippen LogP contribution in [0.3, 0.4) is 0 Å². The van der Waals surface area contributed by atoms with Gasteiger partial charge in [0.2, 0.25) is 0 Å². The van der Waals surface area contributed by atoms with Crippen molar-refractivity contribution in [1.82, 2.24) is 9.55 Å². The van der Waals surface area contributed by atoms with Gasteiger partial charge in [0, 0.05) is 25.8 Å². The lowest BCUT2D eigenvalue weighted by Crippen LogP contribution is -2.03. The third-order valence-corrected chi connectivity index (χ3v) is 3.32. The van der Waals surface area contributed by atoms with E-state index in [4.69, 9.17) is 21.7 Å². The molecule has 0 bridgehead atoms. The molecular formula is C14H20N2O2S. The minimum Gasteiger partial charge on any atom is -0.497 e. The Morgan fingerprint density at radius 3 is 2.89 bits per heavy atom. The Balaban J connectivity index is 2.10. The van der Waals surface area contributed by atoms with Crippen molar-refractivity contribution in [2.24, 2.45) is 0 Å². The molecule has 0 fully saturated rings. The molecule has 2 rings (SSSR count). The maximum Gasteiger partial charge on any atom is 0.178 e. The maximum atomic E-state index is 5.49. The summed E-state index contributed by atoms with van der Waals surface area (Å²) in [5.41, 5.74) is 2.13. The summed E-state index contributed by atoms with van der Waals surface area (Å²) in [4.78, 5) is 3.21. The summed E-state index contributed by atoms with van der Waals surface area (Å²) in [6.07, 6.45) is 2.03. The molecule has 0 aliphatic rings. The fraction of sp³-hybridized carbons (Fsp3) is 0.500. The number of hydrogen-bond acceptors (Lipinski definition) is 3. The Kier molecular flexibility index (Phi) is 4.99. The van der Waals surface area contributed by atoms with Crippen molar-refractivity contribution in [3.63, 3.8) is 0 Å². The van der Waals surface area contributed by atoms with Crippen LogP contribution in [0, 0.1) is 4.77 Å². The summed E-state index contributed by atoms with van der Waals surface area (Å²) >= 11 is 5.36. The zero-order chi connectivity index (χ0) is 13.7. The molecule has 0 radical (unpaired) electrons. The van der Waals surface area contributed by atoms with Crippen LogP contribution in [0.25, 0.3) is 11.0 Å². The molecule has 19 heavy (non-hydrogen) atoms. The number of rotatable bonds is 7. The van der Waals surface area contributed by atoms with Crippen LogP contribution >= 0.6 is 12.2 Å². The van der Waals surface area contributed by atoms with Gasteiger partial charge in [0.1, 0.15) is 5.75 Å². The first-order valence-electron chi connectivity index (χ1n) is 6.60. The van der Waals surface area contributed by atoms with Gasteiger partial charge in [-0.3, -0.25) is 0 Å². The van der Waals surface area contributed by atoms with Crippen LogP contribution in [0.2, 0.25) is 0 Å². The molecule has 0 unspecified atom stereocenters. The van der Waals surface area contributed by atoms with E-state index in [0.29, 0.717) is 0 Å². The van der Waals surface area contributed by atoms with E-state index in [9.17, 15) is 0 Å². The summed E-state index contributed by atoms with van der Waals surface area (Å²) in [6, 6.07) is 5.96. The Labute approximate surface area is 118 Å². The number of aromatic amines is 1.